The second-order valence-electron chi connectivity index (χ2n) is 7.36. The Labute approximate surface area is 181 Å². The van der Waals surface area contributed by atoms with Gasteiger partial charge in [-0.05, 0) is 36.8 Å². The molecule has 0 unspecified atom stereocenters. The number of hydrogen-bond acceptors (Lipinski definition) is 5. The van der Waals surface area contributed by atoms with E-state index in [1.54, 1.807) is 6.92 Å². The number of amides is 1. The fraction of sp³-hybridized carbons (Fsp3) is 0.304. The van der Waals surface area contributed by atoms with Gasteiger partial charge < -0.3 is 14.2 Å². The number of rotatable bonds is 6. The van der Waals surface area contributed by atoms with Crippen LogP contribution in [0.3, 0.4) is 0 Å². The second kappa shape index (κ2) is 9.32. The lowest BCUT2D eigenvalue weighted by Gasteiger charge is -2.34. The first-order chi connectivity index (χ1) is 14.6. The molecule has 0 atom stereocenters. The highest BCUT2D eigenvalue weighted by atomic mass is 35.5. The van der Waals surface area contributed by atoms with Crippen LogP contribution in [0.4, 0.5) is 0 Å². The monoisotopic (exact) mass is 425 g/mol. The molecule has 1 fully saturated rings. The Kier molecular flexibility index (Phi) is 6.35. The van der Waals surface area contributed by atoms with E-state index in [0.717, 1.165) is 30.4 Å². The van der Waals surface area contributed by atoms with Crippen molar-refractivity contribution in [3.05, 3.63) is 82.2 Å². The van der Waals surface area contributed by atoms with E-state index in [2.05, 4.69) is 10.1 Å². The Hall–Kier alpha value is -2.83. The fourth-order valence-electron chi connectivity index (χ4n) is 3.51. The predicted molar refractivity (Wildman–Crippen MR) is 115 cm³/mol. The van der Waals surface area contributed by atoms with Gasteiger partial charge >= 0.3 is 0 Å². The molecule has 30 heavy (non-hydrogen) atoms. The highest BCUT2D eigenvalue weighted by Crippen LogP contribution is 2.20. The summed E-state index contributed by atoms with van der Waals surface area (Å²) in [6.07, 6.45) is 0. The van der Waals surface area contributed by atoms with Gasteiger partial charge in [0.1, 0.15) is 18.1 Å². The molecule has 0 aliphatic carbocycles. The summed E-state index contributed by atoms with van der Waals surface area (Å²) in [5.41, 5.74) is 2.26. The number of ether oxygens (including phenoxy) is 1. The smallest absolute Gasteiger partial charge is 0.276 e. The van der Waals surface area contributed by atoms with E-state index in [4.69, 9.17) is 20.9 Å². The first-order valence-electron chi connectivity index (χ1n) is 9.99. The molecule has 0 radical (unpaired) electrons. The third-order valence-electron chi connectivity index (χ3n) is 5.29. The van der Waals surface area contributed by atoms with Crippen LogP contribution < -0.4 is 4.74 Å². The first kappa shape index (κ1) is 20.4. The van der Waals surface area contributed by atoms with Crippen molar-refractivity contribution in [3.8, 4) is 5.75 Å². The van der Waals surface area contributed by atoms with Crippen molar-refractivity contribution in [1.82, 2.24) is 15.0 Å². The number of nitrogens with zero attached hydrogens (tertiary/aromatic N) is 3. The molecule has 4 rings (SSSR count). The molecule has 6 nitrogen and oxygen atoms in total. The van der Waals surface area contributed by atoms with Crippen molar-refractivity contribution in [2.45, 2.75) is 20.1 Å². The van der Waals surface area contributed by atoms with Gasteiger partial charge in [-0.1, -0.05) is 47.1 Å². The third-order valence-corrected chi connectivity index (χ3v) is 5.54. The van der Waals surface area contributed by atoms with E-state index >= 15 is 0 Å². The fourth-order valence-corrected chi connectivity index (χ4v) is 3.63. The lowest BCUT2D eigenvalue weighted by molar-refractivity contribution is 0.0616. The van der Waals surface area contributed by atoms with E-state index in [0.29, 0.717) is 30.1 Å². The third kappa shape index (κ3) is 4.83. The molecule has 7 heteroatoms. The quantitative estimate of drug-likeness (QED) is 0.593. The van der Waals surface area contributed by atoms with Crippen molar-refractivity contribution >= 4 is 17.5 Å². The zero-order valence-corrected chi connectivity index (χ0v) is 17.6. The maximum Gasteiger partial charge on any atom is 0.276 e. The van der Waals surface area contributed by atoms with Crippen molar-refractivity contribution in [2.75, 3.05) is 26.2 Å². The topological polar surface area (TPSA) is 58.8 Å². The molecule has 0 N–H and O–H groups in total. The summed E-state index contributed by atoms with van der Waals surface area (Å²) in [4.78, 5) is 17.2. The van der Waals surface area contributed by atoms with E-state index < -0.39 is 0 Å². The second-order valence-corrected chi connectivity index (χ2v) is 7.80. The summed E-state index contributed by atoms with van der Waals surface area (Å²) in [5.74, 6) is 1.24. The standard InChI is InChI=1S/C23H24ClN3O3/c1-17-21(16-29-20-5-3-2-4-6-20)22(25-30-17)23(28)27-13-11-26(12-14-27)15-18-7-9-19(24)10-8-18/h2-10H,11-16H2,1H3. The van der Waals surface area contributed by atoms with Gasteiger partial charge in [0.15, 0.2) is 5.69 Å². The Morgan fingerprint density at radius 3 is 2.47 bits per heavy atom. The van der Waals surface area contributed by atoms with Gasteiger partial charge in [-0.3, -0.25) is 9.69 Å². The zero-order chi connectivity index (χ0) is 20.9. The molecule has 0 spiro atoms. The van der Waals surface area contributed by atoms with Crippen LogP contribution in [0.2, 0.25) is 5.02 Å². The van der Waals surface area contributed by atoms with Gasteiger partial charge in [-0.2, -0.15) is 0 Å². The molecule has 3 aromatic rings. The molecule has 2 heterocycles. The van der Waals surface area contributed by atoms with Gasteiger partial charge in [0.05, 0.1) is 5.56 Å². The number of aromatic nitrogens is 1. The molecular weight excluding hydrogens is 402 g/mol. The highest BCUT2D eigenvalue weighted by Gasteiger charge is 2.28. The maximum atomic E-state index is 13.1. The molecule has 0 bridgehead atoms. The van der Waals surface area contributed by atoms with Gasteiger partial charge in [0, 0.05) is 37.7 Å². The molecule has 0 saturated carbocycles. The van der Waals surface area contributed by atoms with E-state index in [1.165, 1.54) is 5.56 Å². The number of para-hydroxylation sites is 1. The number of piperazine rings is 1. The van der Waals surface area contributed by atoms with Gasteiger partial charge in [-0.25, -0.2) is 0 Å². The van der Waals surface area contributed by atoms with Crippen LogP contribution in [0.5, 0.6) is 5.75 Å². The van der Waals surface area contributed by atoms with E-state index in [1.807, 2.05) is 59.5 Å². The average Bonchev–Trinajstić information content (AvgIpc) is 3.15. The molecule has 156 valence electrons. The SMILES string of the molecule is Cc1onc(C(=O)N2CCN(Cc3ccc(Cl)cc3)CC2)c1COc1ccccc1. The van der Waals surface area contributed by atoms with Gasteiger partial charge in [-0.15, -0.1) is 0 Å². The van der Waals surface area contributed by atoms with E-state index in [-0.39, 0.29) is 12.5 Å². The summed E-state index contributed by atoms with van der Waals surface area (Å²) in [6, 6.07) is 17.4. The normalized spacial score (nSPS) is 14.7. The van der Waals surface area contributed by atoms with Gasteiger partial charge in [0.2, 0.25) is 0 Å². The van der Waals surface area contributed by atoms with Crippen molar-refractivity contribution in [2.24, 2.45) is 0 Å². The minimum Gasteiger partial charge on any atom is -0.489 e. The van der Waals surface area contributed by atoms with Crippen LogP contribution in [0.1, 0.15) is 27.4 Å². The van der Waals surface area contributed by atoms with Crippen LogP contribution in [-0.4, -0.2) is 47.0 Å². The van der Waals surface area contributed by atoms with Crippen LogP contribution in [0, 0.1) is 6.92 Å². The molecule has 2 aromatic carbocycles. The van der Waals surface area contributed by atoms with Crippen molar-refractivity contribution in [1.29, 1.82) is 0 Å². The molecule has 1 aliphatic heterocycles. The van der Waals surface area contributed by atoms with Crippen LogP contribution >= 0.6 is 11.6 Å². The lowest BCUT2D eigenvalue weighted by Crippen LogP contribution is -2.48. The predicted octanol–water partition coefficient (Wildman–Crippen LogP) is 4.17. The Bertz CT molecular complexity index is 981. The molecule has 1 aliphatic rings. The van der Waals surface area contributed by atoms with Gasteiger partial charge in [0.25, 0.3) is 5.91 Å². The largest absolute Gasteiger partial charge is 0.489 e. The summed E-state index contributed by atoms with van der Waals surface area (Å²) < 4.78 is 11.1. The summed E-state index contributed by atoms with van der Waals surface area (Å²) >= 11 is 5.96. The molecule has 1 amide bonds. The van der Waals surface area contributed by atoms with Crippen LogP contribution in [0.25, 0.3) is 0 Å². The zero-order valence-electron chi connectivity index (χ0n) is 16.9. The molecular formula is C23H24ClN3O3. The Balaban J connectivity index is 1.35. The number of aryl methyl sites for hydroxylation is 1. The molecule has 1 saturated heterocycles. The Morgan fingerprint density at radius 2 is 1.77 bits per heavy atom. The Morgan fingerprint density at radius 1 is 1.07 bits per heavy atom. The minimum atomic E-state index is -0.107. The minimum absolute atomic E-state index is 0.107. The van der Waals surface area contributed by atoms with Crippen molar-refractivity contribution in [3.63, 3.8) is 0 Å². The summed E-state index contributed by atoms with van der Waals surface area (Å²) in [5, 5.41) is 4.77. The highest BCUT2D eigenvalue weighted by molar-refractivity contribution is 6.30. The summed E-state index contributed by atoms with van der Waals surface area (Å²) in [6.45, 7) is 5.81. The van der Waals surface area contributed by atoms with E-state index in [9.17, 15) is 4.79 Å². The summed E-state index contributed by atoms with van der Waals surface area (Å²) in [7, 11) is 0. The number of benzene rings is 2. The number of halogens is 1. The number of hydrogen-bond donors (Lipinski definition) is 0. The number of carbonyl (C=O) groups excluding carboxylic acids is 1. The average molecular weight is 426 g/mol. The van der Waals surface area contributed by atoms with Crippen LogP contribution in [0.15, 0.2) is 59.1 Å². The van der Waals surface area contributed by atoms with Crippen molar-refractivity contribution < 1.29 is 14.1 Å². The lowest BCUT2D eigenvalue weighted by atomic mass is 10.1. The van der Waals surface area contributed by atoms with Crippen LogP contribution in [-0.2, 0) is 13.2 Å². The maximum absolute atomic E-state index is 13.1. The molecule has 1 aromatic heterocycles. The number of carbonyl (C=O) groups is 1. The first-order valence-corrected chi connectivity index (χ1v) is 10.4.